The molecular formula is C24H20F3NO6S2. The van der Waals surface area contributed by atoms with Crippen LogP contribution in [0.4, 0.5) is 13.2 Å². The summed E-state index contributed by atoms with van der Waals surface area (Å²) in [6, 6.07) is 20.1. The monoisotopic (exact) mass is 539 g/mol. The topological polar surface area (TPSA) is 99.1 Å². The smallest absolute Gasteiger partial charge is 0.461 e. The Morgan fingerprint density at radius 3 is 2.08 bits per heavy atom. The van der Waals surface area contributed by atoms with Gasteiger partial charge < -0.3 is 9.47 Å². The van der Waals surface area contributed by atoms with E-state index in [1.165, 1.54) is 30.3 Å². The summed E-state index contributed by atoms with van der Waals surface area (Å²) in [6.45, 7) is -0.187. The van der Waals surface area contributed by atoms with Crippen molar-refractivity contribution in [3.63, 3.8) is 0 Å². The number of nitrogens with zero attached hydrogens (tertiary/aromatic N) is 1. The molecule has 0 amide bonds. The van der Waals surface area contributed by atoms with E-state index >= 15 is 0 Å². The van der Waals surface area contributed by atoms with Gasteiger partial charge in [-0.1, -0.05) is 66.7 Å². The van der Waals surface area contributed by atoms with Gasteiger partial charge in [0.15, 0.2) is 0 Å². The number of ether oxygens (including phenoxy) is 2. The van der Waals surface area contributed by atoms with E-state index in [0.717, 1.165) is 29.8 Å². The number of sulfonamides is 1. The van der Waals surface area contributed by atoms with Crippen molar-refractivity contribution >= 4 is 31.8 Å². The Morgan fingerprint density at radius 1 is 0.861 bits per heavy atom. The highest BCUT2D eigenvalue weighted by atomic mass is 32.3. The average molecular weight is 540 g/mol. The van der Waals surface area contributed by atoms with Crippen LogP contribution in [0.3, 0.4) is 0 Å². The molecule has 7 nitrogen and oxygen atoms in total. The van der Waals surface area contributed by atoms with Crippen LogP contribution in [-0.2, 0) is 29.3 Å². The fourth-order valence-corrected chi connectivity index (χ4v) is 6.86. The van der Waals surface area contributed by atoms with Crippen LogP contribution in [0.25, 0.3) is 6.08 Å². The molecule has 3 aromatic rings. The summed E-state index contributed by atoms with van der Waals surface area (Å²) in [6.07, 6.45) is -1.95. The first kappa shape index (κ1) is 27.0. The zero-order valence-electron chi connectivity index (χ0n) is 18.5. The van der Waals surface area contributed by atoms with Gasteiger partial charge in [-0.25, -0.2) is 4.21 Å². The Balaban J connectivity index is 1.91. The third-order valence-electron chi connectivity index (χ3n) is 4.45. The summed E-state index contributed by atoms with van der Waals surface area (Å²) in [4.78, 5) is 11.4. The lowest BCUT2D eigenvalue weighted by molar-refractivity contribution is -0.275. The van der Waals surface area contributed by atoms with Crippen LogP contribution in [-0.4, -0.2) is 37.3 Å². The van der Waals surface area contributed by atoms with Crippen molar-refractivity contribution < 1.29 is 40.1 Å². The zero-order chi connectivity index (χ0) is 26.2. The first-order valence-corrected chi connectivity index (χ1v) is 13.4. The lowest BCUT2D eigenvalue weighted by Crippen LogP contribution is -2.21. The highest BCUT2D eigenvalue weighted by Crippen LogP contribution is 2.31. The Bertz CT molecular complexity index is 1450. The minimum atomic E-state index is -5.18. The molecule has 36 heavy (non-hydrogen) atoms. The summed E-state index contributed by atoms with van der Waals surface area (Å²) in [5, 5.41) is 0. The van der Waals surface area contributed by atoms with E-state index in [4.69, 9.17) is 4.74 Å². The van der Waals surface area contributed by atoms with E-state index < -0.39 is 48.5 Å². The summed E-state index contributed by atoms with van der Waals surface area (Å²) in [7, 11) is -8.99. The molecular weight excluding hydrogens is 519 g/mol. The number of esters is 1. The Morgan fingerprint density at radius 2 is 1.44 bits per heavy atom. The number of carbonyl (C=O) groups is 1. The SMILES string of the molecule is O=C(CS(=O)(=NS(=O)(=O)c1ccccc1OC(F)(F)F)c1ccccc1)OC/C=C/c1ccccc1. The van der Waals surface area contributed by atoms with Crippen LogP contribution in [0.5, 0.6) is 5.75 Å². The van der Waals surface area contributed by atoms with Crippen LogP contribution in [0.1, 0.15) is 5.56 Å². The van der Waals surface area contributed by atoms with Crippen LogP contribution >= 0.6 is 0 Å². The standard InChI is InChI=1S/C24H20F3NO6S2/c25-24(26,27)34-21-15-7-8-16-22(21)36(31,32)28-35(30,20-13-5-2-6-14-20)18-23(29)33-17-9-12-19-10-3-1-4-11-19/h1-16H,17-18H2/b12-9+. The van der Waals surface area contributed by atoms with Crippen molar-refractivity contribution in [1.82, 2.24) is 0 Å². The minimum Gasteiger partial charge on any atom is -0.461 e. The number of benzene rings is 3. The van der Waals surface area contributed by atoms with Gasteiger partial charge >= 0.3 is 12.3 Å². The molecule has 1 unspecified atom stereocenters. The molecule has 0 spiro atoms. The molecule has 0 aliphatic rings. The van der Waals surface area contributed by atoms with Gasteiger partial charge in [0.05, 0.1) is 0 Å². The molecule has 12 heteroatoms. The van der Waals surface area contributed by atoms with Gasteiger partial charge in [-0.15, -0.1) is 16.9 Å². The number of hydrogen-bond donors (Lipinski definition) is 0. The average Bonchev–Trinajstić information content (AvgIpc) is 2.82. The molecule has 0 aliphatic carbocycles. The van der Waals surface area contributed by atoms with Crippen LogP contribution in [0, 0.1) is 0 Å². The van der Waals surface area contributed by atoms with Gasteiger partial charge in [0, 0.05) is 4.90 Å². The largest absolute Gasteiger partial charge is 0.573 e. The van der Waals surface area contributed by atoms with Crippen LogP contribution in [0.15, 0.2) is 105 Å². The molecule has 0 N–H and O–H groups in total. The van der Waals surface area contributed by atoms with E-state index in [2.05, 4.69) is 8.50 Å². The Hall–Kier alpha value is -3.64. The molecule has 1 atom stereocenters. The highest BCUT2D eigenvalue weighted by molar-refractivity contribution is 8.03. The maximum atomic E-state index is 13.7. The lowest BCUT2D eigenvalue weighted by Gasteiger charge is -2.13. The first-order valence-electron chi connectivity index (χ1n) is 10.3. The Labute approximate surface area is 206 Å². The van der Waals surface area contributed by atoms with Crippen LogP contribution in [0.2, 0.25) is 0 Å². The fourth-order valence-electron chi connectivity index (χ4n) is 2.95. The Kier molecular flexibility index (Phi) is 8.53. The second-order valence-corrected chi connectivity index (χ2v) is 11.2. The predicted octanol–water partition coefficient (Wildman–Crippen LogP) is 5.06. The summed E-state index contributed by atoms with van der Waals surface area (Å²) in [5.74, 6) is -3.00. The molecule has 0 bridgehead atoms. The molecule has 3 aromatic carbocycles. The molecule has 0 radical (unpaired) electrons. The summed E-state index contributed by atoms with van der Waals surface area (Å²) in [5.41, 5.74) is 0.850. The maximum Gasteiger partial charge on any atom is 0.573 e. The van der Waals surface area contributed by atoms with Crippen molar-refractivity contribution in [1.29, 1.82) is 0 Å². The second kappa shape index (κ2) is 11.4. The van der Waals surface area contributed by atoms with E-state index in [-0.39, 0.29) is 11.5 Å². The quantitative estimate of drug-likeness (QED) is 0.353. The van der Waals surface area contributed by atoms with Gasteiger partial charge in [0.1, 0.15) is 32.7 Å². The minimum absolute atomic E-state index is 0.112. The lowest BCUT2D eigenvalue weighted by atomic mass is 10.2. The third kappa shape index (κ3) is 7.68. The van der Waals surface area contributed by atoms with Crippen LogP contribution < -0.4 is 4.74 Å². The number of halogens is 3. The number of hydrogen-bond acceptors (Lipinski definition) is 6. The van der Waals surface area contributed by atoms with E-state index in [9.17, 15) is 30.6 Å². The summed E-state index contributed by atoms with van der Waals surface area (Å²) < 4.78 is 90.2. The van der Waals surface area contributed by atoms with Gasteiger partial charge in [-0.05, 0) is 35.9 Å². The fraction of sp³-hybridized carbons (Fsp3) is 0.125. The first-order chi connectivity index (χ1) is 17.0. The maximum absolute atomic E-state index is 13.7. The molecule has 0 saturated heterocycles. The second-order valence-electron chi connectivity index (χ2n) is 7.14. The molecule has 0 saturated carbocycles. The van der Waals surface area contributed by atoms with Gasteiger partial charge in [0.2, 0.25) is 0 Å². The zero-order valence-corrected chi connectivity index (χ0v) is 20.1. The van der Waals surface area contributed by atoms with Gasteiger partial charge in [0.25, 0.3) is 10.0 Å². The van der Waals surface area contributed by atoms with Crippen molar-refractivity contribution in [2.24, 2.45) is 3.77 Å². The number of rotatable bonds is 9. The number of para-hydroxylation sites is 1. The molecule has 190 valence electrons. The van der Waals surface area contributed by atoms with E-state index in [1.54, 1.807) is 12.1 Å². The summed E-state index contributed by atoms with van der Waals surface area (Å²) >= 11 is 0. The van der Waals surface area contributed by atoms with Crippen molar-refractivity contribution in [2.75, 3.05) is 12.4 Å². The predicted molar refractivity (Wildman–Crippen MR) is 127 cm³/mol. The highest BCUT2D eigenvalue weighted by Gasteiger charge is 2.34. The number of alkyl halides is 3. The van der Waals surface area contributed by atoms with Gasteiger partial charge in [-0.3, -0.25) is 4.79 Å². The van der Waals surface area contributed by atoms with E-state index in [0.29, 0.717) is 0 Å². The number of carbonyl (C=O) groups excluding carboxylic acids is 1. The van der Waals surface area contributed by atoms with Crippen molar-refractivity contribution in [3.05, 3.63) is 96.6 Å². The molecule has 0 heterocycles. The third-order valence-corrected chi connectivity index (χ3v) is 8.72. The molecule has 0 aliphatic heterocycles. The van der Waals surface area contributed by atoms with Crippen molar-refractivity contribution in [2.45, 2.75) is 16.2 Å². The molecule has 3 rings (SSSR count). The van der Waals surface area contributed by atoms with Gasteiger partial charge in [-0.2, -0.15) is 8.42 Å². The molecule has 0 aromatic heterocycles. The normalized spacial score (nSPS) is 13.6. The molecule has 0 fully saturated rings. The van der Waals surface area contributed by atoms with Crippen molar-refractivity contribution in [3.8, 4) is 5.75 Å². The van der Waals surface area contributed by atoms with E-state index in [1.807, 2.05) is 30.3 Å².